The molecule has 7 heteroatoms. The number of sulfonamides is 1. The number of nitrogens with zero attached hydrogens (tertiary/aromatic N) is 1. The van der Waals surface area contributed by atoms with Gasteiger partial charge in [-0.2, -0.15) is 4.31 Å². The number of aryl methyl sites for hydroxylation is 1. The summed E-state index contributed by atoms with van der Waals surface area (Å²) in [4.78, 5) is 1.30. The molecule has 0 aliphatic carbocycles. The lowest BCUT2D eigenvalue weighted by Crippen LogP contribution is -2.50. The molecule has 0 saturated carbocycles. The number of rotatable bonds is 5. The van der Waals surface area contributed by atoms with Gasteiger partial charge in [-0.25, -0.2) is 8.42 Å². The third-order valence-electron chi connectivity index (χ3n) is 3.98. The Bertz CT molecular complexity index is 586. The van der Waals surface area contributed by atoms with Crippen molar-refractivity contribution in [3.05, 3.63) is 14.7 Å². The van der Waals surface area contributed by atoms with E-state index in [1.165, 1.54) is 11.3 Å². The van der Waals surface area contributed by atoms with Crippen molar-refractivity contribution in [1.29, 1.82) is 0 Å². The second-order valence-corrected chi connectivity index (χ2v) is 10.2. The van der Waals surface area contributed by atoms with E-state index in [1.54, 1.807) is 10.4 Å². The molecule has 2 heterocycles. The second kappa shape index (κ2) is 7.08. The molecule has 0 spiro atoms. The van der Waals surface area contributed by atoms with Gasteiger partial charge in [-0.3, -0.25) is 0 Å². The SMILES string of the molecule is CCCNC1CCN(S(=O)(=O)c2cc(Br)sc2C)CC1C. The highest BCUT2D eigenvalue weighted by molar-refractivity contribution is 9.11. The number of thiophene rings is 1. The predicted molar refractivity (Wildman–Crippen MR) is 91.4 cm³/mol. The Labute approximate surface area is 140 Å². The predicted octanol–water partition coefficient (Wildman–Crippen LogP) is 3.22. The van der Waals surface area contributed by atoms with Crippen LogP contribution in [0.1, 0.15) is 31.6 Å². The van der Waals surface area contributed by atoms with E-state index in [-0.39, 0.29) is 0 Å². The maximum absolute atomic E-state index is 12.8. The summed E-state index contributed by atoms with van der Waals surface area (Å²) in [6.07, 6.45) is 1.98. The van der Waals surface area contributed by atoms with Gasteiger partial charge < -0.3 is 5.32 Å². The Morgan fingerprint density at radius 2 is 2.24 bits per heavy atom. The molecule has 4 nitrogen and oxygen atoms in total. The third kappa shape index (κ3) is 3.88. The number of nitrogens with one attached hydrogen (secondary N) is 1. The highest BCUT2D eigenvalue weighted by atomic mass is 79.9. The monoisotopic (exact) mass is 394 g/mol. The lowest BCUT2D eigenvalue weighted by atomic mass is 9.95. The molecule has 1 N–H and O–H groups in total. The van der Waals surface area contributed by atoms with Crippen molar-refractivity contribution in [2.75, 3.05) is 19.6 Å². The van der Waals surface area contributed by atoms with Crippen molar-refractivity contribution in [3.63, 3.8) is 0 Å². The summed E-state index contributed by atoms with van der Waals surface area (Å²) in [5, 5.41) is 3.52. The van der Waals surface area contributed by atoms with Crippen LogP contribution in [0.3, 0.4) is 0 Å². The van der Waals surface area contributed by atoms with Crippen LogP contribution in [-0.4, -0.2) is 38.4 Å². The summed E-state index contributed by atoms with van der Waals surface area (Å²) in [6, 6.07) is 2.15. The average molecular weight is 395 g/mol. The molecule has 2 unspecified atom stereocenters. The first-order valence-corrected chi connectivity index (χ1v) is 10.4. The summed E-state index contributed by atoms with van der Waals surface area (Å²) < 4.78 is 28.1. The number of piperidine rings is 1. The van der Waals surface area contributed by atoms with Gasteiger partial charge in [0.1, 0.15) is 0 Å². The molecule has 0 amide bonds. The Balaban J connectivity index is 2.11. The van der Waals surface area contributed by atoms with Crippen molar-refractivity contribution in [1.82, 2.24) is 9.62 Å². The average Bonchev–Trinajstić information content (AvgIpc) is 2.77. The van der Waals surface area contributed by atoms with Gasteiger partial charge in [0.15, 0.2) is 0 Å². The highest BCUT2D eigenvalue weighted by Crippen LogP contribution is 2.33. The molecule has 21 heavy (non-hydrogen) atoms. The molecule has 1 aromatic rings. The topological polar surface area (TPSA) is 49.4 Å². The first-order chi connectivity index (χ1) is 9.86. The smallest absolute Gasteiger partial charge is 0.244 e. The summed E-state index contributed by atoms with van der Waals surface area (Å²) >= 11 is 4.85. The Morgan fingerprint density at radius 3 is 2.76 bits per heavy atom. The van der Waals surface area contributed by atoms with Gasteiger partial charge in [-0.05, 0) is 54.2 Å². The fourth-order valence-electron chi connectivity index (χ4n) is 2.78. The molecule has 1 fully saturated rings. The molecular formula is C14H23BrN2O2S2. The van der Waals surface area contributed by atoms with Gasteiger partial charge in [-0.15, -0.1) is 11.3 Å². The van der Waals surface area contributed by atoms with Gasteiger partial charge in [-0.1, -0.05) is 13.8 Å². The van der Waals surface area contributed by atoms with Crippen LogP contribution < -0.4 is 5.32 Å². The lowest BCUT2D eigenvalue weighted by molar-refractivity contribution is 0.220. The van der Waals surface area contributed by atoms with E-state index in [1.807, 2.05) is 6.92 Å². The van der Waals surface area contributed by atoms with E-state index in [0.29, 0.717) is 29.9 Å². The van der Waals surface area contributed by atoms with Crippen LogP contribution in [-0.2, 0) is 10.0 Å². The standard InChI is InChI=1S/C14H23BrN2O2S2/c1-4-6-16-12-5-7-17(9-10(12)2)21(18,19)13-8-14(15)20-11(13)3/h8,10,12,16H,4-7,9H2,1-3H3. The van der Waals surface area contributed by atoms with Crippen LogP contribution in [0.2, 0.25) is 0 Å². The summed E-state index contributed by atoms with van der Waals surface area (Å²) in [7, 11) is -3.36. The largest absolute Gasteiger partial charge is 0.314 e. The van der Waals surface area contributed by atoms with Crippen molar-refractivity contribution >= 4 is 37.3 Å². The zero-order chi connectivity index (χ0) is 15.6. The van der Waals surface area contributed by atoms with Gasteiger partial charge in [0, 0.05) is 24.0 Å². The van der Waals surface area contributed by atoms with Gasteiger partial charge in [0.25, 0.3) is 0 Å². The summed E-state index contributed by atoms with van der Waals surface area (Å²) in [5.41, 5.74) is 0. The molecule has 1 aliphatic rings. The number of hydrogen-bond donors (Lipinski definition) is 1. The molecule has 0 radical (unpaired) electrons. The molecule has 1 aliphatic heterocycles. The van der Waals surface area contributed by atoms with Crippen LogP contribution in [0.15, 0.2) is 14.7 Å². The highest BCUT2D eigenvalue weighted by Gasteiger charge is 2.34. The van der Waals surface area contributed by atoms with E-state index < -0.39 is 10.0 Å². The van der Waals surface area contributed by atoms with E-state index in [9.17, 15) is 8.42 Å². The van der Waals surface area contributed by atoms with Crippen molar-refractivity contribution in [2.24, 2.45) is 5.92 Å². The van der Waals surface area contributed by atoms with Crippen molar-refractivity contribution in [3.8, 4) is 0 Å². The molecule has 1 aromatic heterocycles. The molecular weight excluding hydrogens is 372 g/mol. The Hall–Kier alpha value is 0.0500. The lowest BCUT2D eigenvalue weighted by Gasteiger charge is -2.36. The normalized spacial score (nSPS) is 24.4. The Kier molecular flexibility index (Phi) is 5.87. The zero-order valence-corrected chi connectivity index (χ0v) is 15.9. The van der Waals surface area contributed by atoms with E-state index in [0.717, 1.165) is 28.0 Å². The van der Waals surface area contributed by atoms with Crippen LogP contribution >= 0.6 is 27.3 Å². The van der Waals surface area contributed by atoms with Gasteiger partial charge >= 0.3 is 0 Å². The molecule has 2 atom stereocenters. The van der Waals surface area contributed by atoms with Gasteiger partial charge in [0.05, 0.1) is 8.68 Å². The molecule has 0 bridgehead atoms. The number of hydrogen-bond acceptors (Lipinski definition) is 4. The Morgan fingerprint density at radius 1 is 1.52 bits per heavy atom. The molecule has 0 aromatic carbocycles. The van der Waals surface area contributed by atoms with Crippen molar-refractivity contribution in [2.45, 2.75) is 44.6 Å². The summed E-state index contributed by atoms with van der Waals surface area (Å²) in [5.74, 6) is 0.336. The van der Waals surface area contributed by atoms with E-state index >= 15 is 0 Å². The van der Waals surface area contributed by atoms with Crippen LogP contribution in [0.4, 0.5) is 0 Å². The van der Waals surface area contributed by atoms with Gasteiger partial charge in [0.2, 0.25) is 10.0 Å². The second-order valence-electron chi connectivity index (χ2n) is 5.66. The van der Waals surface area contributed by atoms with Crippen molar-refractivity contribution < 1.29 is 8.42 Å². The molecule has 2 rings (SSSR count). The van der Waals surface area contributed by atoms with Crippen LogP contribution in [0.25, 0.3) is 0 Å². The quantitative estimate of drug-likeness (QED) is 0.833. The van der Waals surface area contributed by atoms with E-state index in [4.69, 9.17) is 0 Å². The maximum atomic E-state index is 12.8. The minimum absolute atomic E-state index is 0.336. The maximum Gasteiger partial charge on any atom is 0.244 e. The van der Waals surface area contributed by atoms with Crippen LogP contribution in [0, 0.1) is 12.8 Å². The fraction of sp³-hybridized carbons (Fsp3) is 0.714. The van der Waals surface area contributed by atoms with E-state index in [2.05, 4.69) is 35.1 Å². The first kappa shape index (κ1) is 17.4. The minimum Gasteiger partial charge on any atom is -0.314 e. The fourth-order valence-corrected chi connectivity index (χ4v) is 6.72. The minimum atomic E-state index is -3.36. The molecule has 1 saturated heterocycles. The zero-order valence-electron chi connectivity index (χ0n) is 12.7. The third-order valence-corrected chi connectivity index (χ3v) is 7.66. The number of halogens is 1. The summed E-state index contributed by atoms with van der Waals surface area (Å²) in [6.45, 7) is 8.33. The first-order valence-electron chi connectivity index (χ1n) is 7.35. The van der Waals surface area contributed by atoms with Crippen LogP contribution in [0.5, 0.6) is 0 Å². The molecule has 120 valence electrons.